The van der Waals surface area contributed by atoms with Crippen molar-refractivity contribution < 1.29 is 9.53 Å². The zero-order valence-electron chi connectivity index (χ0n) is 12.5. The number of hydrogen-bond donors (Lipinski definition) is 1. The van der Waals surface area contributed by atoms with E-state index in [2.05, 4.69) is 30.6 Å². The number of hydrogen-bond acceptors (Lipinski definition) is 8. The standard InChI is InChI=1S/C14H13N7O2S/c22-14(11-6-24-8-18-11)17-3-10-4-21-12(5-23-10)13(19-20-21)9-1-15-7-16-2-9/h1-2,6-8,10H,3-5H2,(H,17,22). The number of amides is 1. The van der Waals surface area contributed by atoms with Crippen LogP contribution >= 0.6 is 11.3 Å². The van der Waals surface area contributed by atoms with Crippen molar-refractivity contribution in [2.75, 3.05) is 6.54 Å². The summed E-state index contributed by atoms with van der Waals surface area (Å²) < 4.78 is 7.62. The molecule has 24 heavy (non-hydrogen) atoms. The van der Waals surface area contributed by atoms with E-state index >= 15 is 0 Å². The van der Waals surface area contributed by atoms with Gasteiger partial charge in [-0.3, -0.25) is 4.79 Å². The molecule has 1 aliphatic rings. The molecule has 0 aliphatic carbocycles. The number of rotatable bonds is 4. The Hall–Kier alpha value is -2.72. The first kappa shape index (κ1) is 14.8. The largest absolute Gasteiger partial charge is 0.368 e. The summed E-state index contributed by atoms with van der Waals surface area (Å²) >= 11 is 1.38. The van der Waals surface area contributed by atoms with Crippen LogP contribution in [0.15, 0.2) is 29.6 Å². The summed E-state index contributed by atoms with van der Waals surface area (Å²) in [7, 11) is 0. The van der Waals surface area contributed by atoms with Crippen molar-refractivity contribution in [1.29, 1.82) is 0 Å². The van der Waals surface area contributed by atoms with E-state index in [1.165, 1.54) is 17.7 Å². The smallest absolute Gasteiger partial charge is 0.270 e. The highest BCUT2D eigenvalue weighted by molar-refractivity contribution is 7.07. The highest BCUT2D eigenvalue weighted by Gasteiger charge is 2.25. The van der Waals surface area contributed by atoms with Crippen LogP contribution in [-0.4, -0.2) is 48.5 Å². The number of carbonyl (C=O) groups excluding carboxylic acids is 1. The summed E-state index contributed by atoms with van der Waals surface area (Å²) in [5, 5.41) is 12.9. The van der Waals surface area contributed by atoms with Crippen molar-refractivity contribution in [1.82, 2.24) is 35.3 Å². The molecule has 0 spiro atoms. The van der Waals surface area contributed by atoms with Crippen LogP contribution < -0.4 is 5.32 Å². The topological polar surface area (TPSA) is 108 Å². The number of carbonyl (C=O) groups is 1. The summed E-state index contributed by atoms with van der Waals surface area (Å²) in [5.41, 5.74) is 4.46. The molecule has 0 saturated heterocycles. The lowest BCUT2D eigenvalue weighted by atomic mass is 10.2. The summed E-state index contributed by atoms with van der Waals surface area (Å²) in [5.74, 6) is -0.202. The molecule has 3 aromatic rings. The zero-order chi connectivity index (χ0) is 16.4. The first-order valence-electron chi connectivity index (χ1n) is 7.27. The van der Waals surface area contributed by atoms with Crippen molar-refractivity contribution in [3.05, 3.63) is 41.0 Å². The minimum absolute atomic E-state index is 0.165. The molecule has 1 N–H and O–H groups in total. The van der Waals surface area contributed by atoms with E-state index in [0.717, 1.165) is 17.0 Å². The predicted molar refractivity (Wildman–Crippen MR) is 84.1 cm³/mol. The van der Waals surface area contributed by atoms with Crippen molar-refractivity contribution in [2.24, 2.45) is 0 Å². The van der Waals surface area contributed by atoms with Crippen LogP contribution in [0.25, 0.3) is 11.3 Å². The van der Waals surface area contributed by atoms with Gasteiger partial charge in [-0.15, -0.1) is 16.4 Å². The van der Waals surface area contributed by atoms with Gasteiger partial charge < -0.3 is 10.1 Å². The van der Waals surface area contributed by atoms with Crippen LogP contribution in [-0.2, 0) is 17.9 Å². The van der Waals surface area contributed by atoms with Crippen LogP contribution in [0.5, 0.6) is 0 Å². The van der Waals surface area contributed by atoms with E-state index in [1.807, 2.05) is 0 Å². The maximum absolute atomic E-state index is 11.9. The Labute approximate surface area is 140 Å². The second-order valence-corrected chi connectivity index (χ2v) is 5.93. The van der Waals surface area contributed by atoms with Gasteiger partial charge in [-0.05, 0) is 0 Å². The molecule has 1 aliphatic heterocycles. The summed E-state index contributed by atoms with van der Waals surface area (Å²) in [6, 6.07) is 0. The Balaban J connectivity index is 1.42. The molecular formula is C14H13N7O2S. The fourth-order valence-electron chi connectivity index (χ4n) is 2.46. The average molecular weight is 343 g/mol. The summed E-state index contributed by atoms with van der Waals surface area (Å²) in [6.45, 7) is 1.28. The fourth-order valence-corrected chi connectivity index (χ4v) is 2.99. The van der Waals surface area contributed by atoms with Gasteiger partial charge in [0.15, 0.2) is 0 Å². The van der Waals surface area contributed by atoms with Gasteiger partial charge in [0.1, 0.15) is 17.7 Å². The molecule has 4 rings (SSSR count). The van der Waals surface area contributed by atoms with Gasteiger partial charge in [-0.25, -0.2) is 19.6 Å². The number of thiazole rings is 1. The van der Waals surface area contributed by atoms with Crippen LogP contribution in [0.4, 0.5) is 0 Å². The molecule has 0 fully saturated rings. The maximum atomic E-state index is 11.9. The Kier molecular flexibility index (Phi) is 3.97. The van der Waals surface area contributed by atoms with Crippen LogP contribution in [0.2, 0.25) is 0 Å². The van der Waals surface area contributed by atoms with E-state index < -0.39 is 0 Å². The molecular weight excluding hydrogens is 330 g/mol. The molecule has 0 saturated carbocycles. The lowest BCUT2D eigenvalue weighted by Crippen LogP contribution is -2.39. The van der Waals surface area contributed by atoms with Gasteiger partial charge in [0, 0.05) is 29.9 Å². The van der Waals surface area contributed by atoms with Gasteiger partial charge in [0.05, 0.1) is 30.5 Å². The Morgan fingerprint density at radius 2 is 2.29 bits per heavy atom. The van der Waals surface area contributed by atoms with E-state index in [4.69, 9.17) is 4.74 Å². The highest BCUT2D eigenvalue weighted by Crippen LogP contribution is 2.23. The van der Waals surface area contributed by atoms with Gasteiger partial charge in [0.2, 0.25) is 0 Å². The summed E-state index contributed by atoms with van der Waals surface area (Å²) in [4.78, 5) is 23.9. The third kappa shape index (κ3) is 2.88. The number of nitrogens with zero attached hydrogens (tertiary/aromatic N) is 6. The van der Waals surface area contributed by atoms with Crippen LogP contribution in [0.3, 0.4) is 0 Å². The molecule has 1 unspecified atom stereocenters. The number of fused-ring (bicyclic) bond motifs is 1. The second-order valence-electron chi connectivity index (χ2n) is 5.21. The van der Waals surface area contributed by atoms with E-state index in [1.54, 1.807) is 28.0 Å². The minimum atomic E-state index is -0.202. The predicted octanol–water partition coefficient (Wildman–Crippen LogP) is 0.520. The minimum Gasteiger partial charge on any atom is -0.368 e. The number of nitrogens with one attached hydrogen (secondary N) is 1. The molecule has 4 heterocycles. The first-order valence-corrected chi connectivity index (χ1v) is 8.21. The summed E-state index contributed by atoms with van der Waals surface area (Å²) in [6.07, 6.45) is 4.69. The Bertz CT molecular complexity index is 834. The number of ether oxygens (including phenoxy) is 1. The third-order valence-electron chi connectivity index (χ3n) is 3.66. The molecule has 1 amide bonds. The van der Waals surface area contributed by atoms with Gasteiger partial charge in [-0.1, -0.05) is 5.21 Å². The molecule has 10 heteroatoms. The normalized spacial score (nSPS) is 16.6. The molecule has 0 radical (unpaired) electrons. The lowest BCUT2D eigenvalue weighted by molar-refractivity contribution is 0.00174. The first-order chi connectivity index (χ1) is 11.8. The highest BCUT2D eigenvalue weighted by atomic mass is 32.1. The van der Waals surface area contributed by atoms with E-state index in [9.17, 15) is 4.79 Å². The Morgan fingerprint density at radius 3 is 3.08 bits per heavy atom. The second kappa shape index (κ2) is 6.42. The zero-order valence-corrected chi connectivity index (χ0v) is 13.3. The molecule has 0 bridgehead atoms. The van der Waals surface area contributed by atoms with Crippen LogP contribution in [0.1, 0.15) is 16.2 Å². The fraction of sp³-hybridized carbons (Fsp3) is 0.286. The molecule has 9 nitrogen and oxygen atoms in total. The molecule has 3 aromatic heterocycles. The van der Waals surface area contributed by atoms with Crippen LogP contribution in [0, 0.1) is 0 Å². The molecule has 1 atom stereocenters. The van der Waals surface area contributed by atoms with Crippen molar-refractivity contribution in [2.45, 2.75) is 19.3 Å². The molecule has 122 valence electrons. The number of aromatic nitrogens is 6. The SMILES string of the molecule is O=C(NCC1Cn2nnc(-c3cncnc3)c2CO1)c1cscn1. The average Bonchev–Trinajstić information content (AvgIpc) is 3.30. The Morgan fingerprint density at radius 1 is 1.42 bits per heavy atom. The third-order valence-corrected chi connectivity index (χ3v) is 4.25. The van der Waals surface area contributed by atoms with E-state index in [0.29, 0.717) is 25.4 Å². The monoisotopic (exact) mass is 343 g/mol. The van der Waals surface area contributed by atoms with Gasteiger partial charge in [-0.2, -0.15) is 0 Å². The van der Waals surface area contributed by atoms with Crippen molar-refractivity contribution >= 4 is 17.2 Å². The van der Waals surface area contributed by atoms with Crippen molar-refractivity contribution in [3.8, 4) is 11.3 Å². The molecule has 0 aromatic carbocycles. The lowest BCUT2D eigenvalue weighted by Gasteiger charge is -2.24. The van der Waals surface area contributed by atoms with Gasteiger partial charge in [0.25, 0.3) is 5.91 Å². The maximum Gasteiger partial charge on any atom is 0.270 e. The van der Waals surface area contributed by atoms with Gasteiger partial charge >= 0.3 is 0 Å². The van der Waals surface area contributed by atoms with E-state index in [-0.39, 0.29) is 12.0 Å². The van der Waals surface area contributed by atoms with Crippen molar-refractivity contribution in [3.63, 3.8) is 0 Å². The quantitative estimate of drug-likeness (QED) is 0.736.